The van der Waals surface area contributed by atoms with Gasteiger partial charge in [-0.1, -0.05) is 24.3 Å². The van der Waals surface area contributed by atoms with Crippen LogP contribution in [0.4, 0.5) is 0 Å². The van der Waals surface area contributed by atoms with Crippen molar-refractivity contribution in [2.24, 2.45) is 0 Å². The van der Waals surface area contributed by atoms with Crippen molar-refractivity contribution >= 4 is 16.9 Å². The van der Waals surface area contributed by atoms with Gasteiger partial charge in [-0.3, -0.25) is 9.36 Å². The zero-order valence-electron chi connectivity index (χ0n) is 16.9. The van der Waals surface area contributed by atoms with Gasteiger partial charge >= 0.3 is 5.97 Å². The van der Waals surface area contributed by atoms with Crippen LogP contribution in [-0.4, -0.2) is 41.8 Å². The summed E-state index contributed by atoms with van der Waals surface area (Å²) in [5.74, 6) is 0.0955. The van der Waals surface area contributed by atoms with Crippen molar-refractivity contribution in [2.75, 3.05) is 26.2 Å². The molecule has 3 rings (SSSR count). The molecule has 0 aliphatic heterocycles. The monoisotopic (exact) mass is 415 g/mol. The van der Waals surface area contributed by atoms with Crippen molar-refractivity contribution in [3.05, 3.63) is 70.3 Å². The minimum Gasteiger partial charge on any atom is -1.00 e. The van der Waals surface area contributed by atoms with Gasteiger partial charge in [0.25, 0.3) is 5.56 Å². The van der Waals surface area contributed by atoms with Gasteiger partial charge in [0, 0.05) is 0 Å². The molecule has 0 amide bonds. The molecule has 0 radical (unpaired) electrons. The minimum absolute atomic E-state index is 0. The summed E-state index contributed by atoms with van der Waals surface area (Å²) < 4.78 is 6.98. The summed E-state index contributed by atoms with van der Waals surface area (Å²) in [4.78, 5) is 31.7. The lowest BCUT2D eigenvalue weighted by atomic mass is 10.1. The second-order valence-corrected chi connectivity index (χ2v) is 6.68. The number of benzene rings is 2. The number of carbonyl (C=O) groups excluding carboxylic acids is 1. The Morgan fingerprint density at radius 1 is 1.07 bits per heavy atom. The number of esters is 1. The third kappa shape index (κ3) is 4.83. The highest BCUT2D eigenvalue weighted by atomic mass is 35.5. The molecule has 0 atom stereocenters. The normalized spacial score (nSPS) is 10.8. The molecular formula is C22H26ClN3O3. The Labute approximate surface area is 176 Å². The Kier molecular flexibility index (Phi) is 7.93. The summed E-state index contributed by atoms with van der Waals surface area (Å²) >= 11 is 0. The number of likely N-dealkylation sites (N-methyl/N-ethyl adjacent to an activating group) is 1. The number of hydrogen-bond acceptors (Lipinski definition) is 4. The molecule has 29 heavy (non-hydrogen) atoms. The number of halogens is 1. The molecule has 7 heteroatoms. The van der Waals surface area contributed by atoms with Crippen molar-refractivity contribution < 1.29 is 26.8 Å². The van der Waals surface area contributed by atoms with Crippen molar-refractivity contribution in [2.45, 2.75) is 20.8 Å². The fourth-order valence-electron chi connectivity index (χ4n) is 3.34. The van der Waals surface area contributed by atoms with Gasteiger partial charge in [-0.05, 0) is 45.0 Å². The Morgan fingerprint density at radius 3 is 2.45 bits per heavy atom. The highest BCUT2D eigenvalue weighted by Gasteiger charge is 2.18. The van der Waals surface area contributed by atoms with E-state index in [2.05, 4.69) is 18.8 Å². The predicted octanol–water partition coefficient (Wildman–Crippen LogP) is -1.22. The van der Waals surface area contributed by atoms with Crippen LogP contribution < -0.4 is 22.9 Å². The first kappa shape index (κ1) is 22.6. The molecule has 0 aliphatic rings. The van der Waals surface area contributed by atoms with E-state index in [1.54, 1.807) is 43.3 Å². The first-order valence-corrected chi connectivity index (χ1v) is 9.65. The Morgan fingerprint density at radius 2 is 1.72 bits per heavy atom. The minimum atomic E-state index is -0.429. The quantitative estimate of drug-likeness (QED) is 0.491. The van der Waals surface area contributed by atoms with E-state index in [1.165, 1.54) is 9.47 Å². The van der Waals surface area contributed by atoms with E-state index < -0.39 is 5.97 Å². The standard InChI is InChI=1S/C22H25N3O3.ClH/c1-4-24(5-2)14-15-28-22(27)18-11-7-9-13-20(18)25-16(3)23-19-12-8-6-10-17(19)21(25)26;/h6-13H,4-5,14-15H2,1-3H3;1H. The second kappa shape index (κ2) is 10.2. The number of nitrogens with zero attached hydrogens (tertiary/aromatic N) is 2. The van der Waals surface area contributed by atoms with E-state index in [0.29, 0.717) is 34.6 Å². The van der Waals surface area contributed by atoms with Crippen LogP contribution >= 0.6 is 0 Å². The smallest absolute Gasteiger partial charge is 0.340 e. The summed E-state index contributed by atoms with van der Waals surface area (Å²) in [7, 11) is 0. The number of aromatic nitrogens is 2. The molecule has 2 aromatic carbocycles. The highest BCUT2D eigenvalue weighted by molar-refractivity contribution is 5.93. The van der Waals surface area contributed by atoms with E-state index in [4.69, 9.17) is 4.74 Å². The van der Waals surface area contributed by atoms with Crippen molar-refractivity contribution in [3.8, 4) is 5.69 Å². The maximum atomic E-state index is 13.1. The van der Waals surface area contributed by atoms with Gasteiger partial charge in [0.2, 0.25) is 0 Å². The number of ether oxygens (including phenoxy) is 1. The van der Waals surface area contributed by atoms with E-state index in [9.17, 15) is 9.59 Å². The molecule has 6 nitrogen and oxygen atoms in total. The molecule has 1 heterocycles. The maximum Gasteiger partial charge on any atom is 0.340 e. The van der Waals surface area contributed by atoms with Gasteiger partial charge in [0.15, 0.2) is 0 Å². The fourth-order valence-corrected chi connectivity index (χ4v) is 3.34. The average Bonchev–Trinajstić information content (AvgIpc) is 2.71. The Balaban J connectivity index is 0.00000300. The van der Waals surface area contributed by atoms with Crippen LogP contribution in [0.15, 0.2) is 53.3 Å². The highest BCUT2D eigenvalue weighted by Crippen LogP contribution is 2.17. The van der Waals surface area contributed by atoms with Crippen molar-refractivity contribution in [1.82, 2.24) is 9.55 Å². The molecule has 0 aliphatic carbocycles. The largest absolute Gasteiger partial charge is 1.00 e. The maximum absolute atomic E-state index is 13.1. The summed E-state index contributed by atoms with van der Waals surface area (Å²) in [6, 6.07) is 14.2. The predicted molar refractivity (Wildman–Crippen MR) is 109 cm³/mol. The molecule has 0 fully saturated rings. The molecule has 3 aromatic rings. The van der Waals surface area contributed by atoms with Crippen LogP contribution in [0.1, 0.15) is 30.0 Å². The summed E-state index contributed by atoms with van der Waals surface area (Å²) in [5, 5.41) is 0.515. The van der Waals surface area contributed by atoms with Crippen molar-refractivity contribution in [3.63, 3.8) is 0 Å². The first-order valence-electron chi connectivity index (χ1n) is 9.65. The molecule has 0 unspecified atom stereocenters. The van der Waals surface area contributed by atoms with Crippen LogP contribution in [0.3, 0.4) is 0 Å². The summed E-state index contributed by atoms with van der Waals surface area (Å²) in [6.07, 6.45) is 0. The lowest BCUT2D eigenvalue weighted by Crippen LogP contribution is -3.11. The third-order valence-electron chi connectivity index (χ3n) is 5.00. The van der Waals surface area contributed by atoms with Crippen LogP contribution in [-0.2, 0) is 4.74 Å². The summed E-state index contributed by atoms with van der Waals surface area (Å²) in [6.45, 7) is 9.06. The molecule has 0 bridgehead atoms. The van der Waals surface area contributed by atoms with Crippen LogP contribution in [0.25, 0.3) is 16.6 Å². The number of quaternary nitrogens is 1. The Hall–Kier alpha value is -2.70. The zero-order valence-corrected chi connectivity index (χ0v) is 17.7. The topological polar surface area (TPSA) is 65.6 Å². The van der Waals surface area contributed by atoms with Gasteiger partial charge in [0.05, 0.1) is 35.2 Å². The molecule has 0 spiro atoms. The zero-order chi connectivity index (χ0) is 20.1. The lowest BCUT2D eigenvalue weighted by Gasteiger charge is -2.16. The number of para-hydroxylation sites is 2. The van der Waals surface area contributed by atoms with Gasteiger partial charge < -0.3 is 22.0 Å². The van der Waals surface area contributed by atoms with Crippen LogP contribution in [0, 0.1) is 6.92 Å². The van der Waals surface area contributed by atoms with Crippen LogP contribution in [0.5, 0.6) is 0 Å². The van der Waals surface area contributed by atoms with E-state index in [1.807, 2.05) is 12.1 Å². The molecule has 0 saturated heterocycles. The molecule has 154 valence electrons. The molecule has 1 N–H and O–H groups in total. The molecule has 1 aromatic heterocycles. The third-order valence-corrected chi connectivity index (χ3v) is 5.00. The van der Waals surface area contributed by atoms with Gasteiger partial charge in [-0.15, -0.1) is 0 Å². The summed E-state index contributed by atoms with van der Waals surface area (Å²) in [5.41, 5.74) is 1.29. The SMILES string of the molecule is CC[NH+](CC)CCOC(=O)c1ccccc1-n1c(C)nc2ccccc2c1=O.[Cl-]. The van der Waals surface area contributed by atoms with Gasteiger partial charge in [-0.25, -0.2) is 9.78 Å². The number of nitrogens with one attached hydrogen (secondary N) is 1. The second-order valence-electron chi connectivity index (χ2n) is 6.68. The van der Waals surface area contributed by atoms with Crippen molar-refractivity contribution in [1.29, 1.82) is 0 Å². The number of hydrogen-bond donors (Lipinski definition) is 1. The van der Waals surface area contributed by atoms with E-state index in [-0.39, 0.29) is 18.0 Å². The molecular weight excluding hydrogens is 390 g/mol. The molecule has 0 saturated carbocycles. The number of carbonyl (C=O) groups is 1. The van der Waals surface area contributed by atoms with E-state index in [0.717, 1.165) is 19.6 Å². The number of fused-ring (bicyclic) bond motifs is 1. The number of aryl methyl sites for hydroxylation is 1. The first-order chi connectivity index (χ1) is 13.6. The van der Waals surface area contributed by atoms with Gasteiger partial charge in [-0.2, -0.15) is 0 Å². The average molecular weight is 416 g/mol. The number of rotatable bonds is 7. The van der Waals surface area contributed by atoms with Gasteiger partial charge in [0.1, 0.15) is 19.0 Å². The Bertz CT molecular complexity index is 1040. The lowest BCUT2D eigenvalue weighted by molar-refractivity contribution is -0.896. The van der Waals surface area contributed by atoms with E-state index >= 15 is 0 Å². The van der Waals surface area contributed by atoms with Crippen LogP contribution in [0.2, 0.25) is 0 Å². The fraction of sp³-hybridized carbons (Fsp3) is 0.318.